The Kier molecular flexibility index (Phi) is 8.07. The SMILES string of the molecule is O=S1(=O)C[C@@H]2[C@H](C1)[C@H]2Nc1nccc(-c2sc(N3C4CCC3CN(C3CC(F)(F)C3)C4)nc2-c2cccc(NS(=O)(=O)c3c(F)cccc3F)c2F)n1. The Morgan fingerprint density at radius 3 is 2.21 bits per heavy atom. The van der Waals surface area contributed by atoms with Gasteiger partial charge in [-0.1, -0.05) is 23.5 Å². The van der Waals surface area contributed by atoms with E-state index in [4.69, 9.17) is 9.97 Å². The van der Waals surface area contributed by atoms with Gasteiger partial charge in [0, 0.05) is 61.9 Å². The number of rotatable bonds is 9. The van der Waals surface area contributed by atoms with E-state index < -0.39 is 53.8 Å². The number of fused-ring (bicyclic) bond motifs is 3. The molecule has 5 fully saturated rings. The first-order chi connectivity index (χ1) is 25.2. The number of piperazine rings is 1. The lowest BCUT2D eigenvalue weighted by Gasteiger charge is -2.49. The molecule has 9 rings (SSSR count). The summed E-state index contributed by atoms with van der Waals surface area (Å²) in [7, 11) is -7.97. The lowest BCUT2D eigenvalue weighted by atomic mass is 9.86. The summed E-state index contributed by atoms with van der Waals surface area (Å²) >= 11 is 1.25. The van der Waals surface area contributed by atoms with E-state index in [2.05, 4.69) is 20.1 Å². The molecular formula is C34H32F5N7O4S3. The minimum absolute atomic E-state index is 0.0262. The van der Waals surface area contributed by atoms with Gasteiger partial charge in [-0.15, -0.1) is 0 Å². The van der Waals surface area contributed by atoms with Crippen molar-refractivity contribution in [3.05, 3.63) is 66.1 Å². The van der Waals surface area contributed by atoms with Crippen LogP contribution in [0.25, 0.3) is 21.8 Å². The molecule has 2 bridgehead atoms. The topological polar surface area (TPSA) is 137 Å². The molecule has 2 aromatic heterocycles. The summed E-state index contributed by atoms with van der Waals surface area (Å²) in [5.41, 5.74) is -0.146. The number of aromatic nitrogens is 3. The smallest absolute Gasteiger partial charge is 0.267 e. The van der Waals surface area contributed by atoms with E-state index in [0.29, 0.717) is 28.8 Å². The Bertz CT molecular complexity index is 2300. The number of anilines is 3. The van der Waals surface area contributed by atoms with Gasteiger partial charge in [-0.25, -0.2) is 53.7 Å². The number of nitrogens with zero attached hydrogens (tertiary/aromatic N) is 5. The summed E-state index contributed by atoms with van der Waals surface area (Å²) in [6.45, 7) is 1.14. The molecule has 0 spiro atoms. The molecule has 2 unspecified atom stereocenters. The summed E-state index contributed by atoms with van der Waals surface area (Å²) in [4.78, 5) is 17.4. The van der Waals surface area contributed by atoms with E-state index in [0.717, 1.165) is 37.1 Å². The van der Waals surface area contributed by atoms with Gasteiger partial charge in [-0.3, -0.25) is 9.62 Å². The molecule has 280 valence electrons. The van der Waals surface area contributed by atoms with E-state index in [1.54, 1.807) is 6.07 Å². The van der Waals surface area contributed by atoms with Gasteiger partial charge in [0.1, 0.15) is 11.6 Å². The van der Waals surface area contributed by atoms with Gasteiger partial charge in [0.2, 0.25) is 5.95 Å². The Hall–Kier alpha value is -3.94. The second-order valence-corrected chi connectivity index (χ2v) is 19.3. The molecule has 53 heavy (non-hydrogen) atoms. The number of halogens is 5. The molecule has 0 radical (unpaired) electrons. The molecule has 19 heteroatoms. The highest BCUT2D eigenvalue weighted by Gasteiger charge is 2.59. The van der Waals surface area contributed by atoms with Crippen LogP contribution in [0.2, 0.25) is 0 Å². The fourth-order valence-electron chi connectivity index (χ4n) is 8.41. The van der Waals surface area contributed by atoms with Crippen molar-refractivity contribution in [3.8, 4) is 21.8 Å². The second kappa shape index (κ2) is 12.3. The molecule has 5 atom stereocenters. The van der Waals surface area contributed by atoms with Gasteiger partial charge < -0.3 is 10.2 Å². The Labute approximate surface area is 305 Å². The fraction of sp³-hybridized carbons (Fsp3) is 0.441. The van der Waals surface area contributed by atoms with Crippen molar-refractivity contribution in [2.45, 2.75) is 60.7 Å². The van der Waals surface area contributed by atoms with Crippen LogP contribution in [0.4, 0.5) is 38.7 Å². The van der Waals surface area contributed by atoms with Crippen molar-refractivity contribution < 1.29 is 38.8 Å². The van der Waals surface area contributed by atoms with Crippen LogP contribution in [0, 0.1) is 29.3 Å². The summed E-state index contributed by atoms with van der Waals surface area (Å²) in [5.74, 6) is -5.98. The van der Waals surface area contributed by atoms with Crippen LogP contribution in [0.15, 0.2) is 53.6 Å². The molecule has 3 saturated heterocycles. The molecule has 2 aliphatic carbocycles. The van der Waals surface area contributed by atoms with Crippen molar-refractivity contribution in [2.24, 2.45) is 11.8 Å². The molecule has 11 nitrogen and oxygen atoms in total. The van der Waals surface area contributed by atoms with Crippen molar-refractivity contribution >= 4 is 48.0 Å². The van der Waals surface area contributed by atoms with Crippen LogP contribution in [-0.4, -0.2) is 91.4 Å². The average molecular weight is 794 g/mol. The number of benzene rings is 2. The largest absolute Gasteiger partial charge is 0.351 e. The van der Waals surface area contributed by atoms with Gasteiger partial charge in [0.25, 0.3) is 15.9 Å². The second-order valence-electron chi connectivity index (χ2n) is 14.5. The zero-order chi connectivity index (χ0) is 37.0. The minimum Gasteiger partial charge on any atom is -0.351 e. The predicted octanol–water partition coefficient (Wildman–Crippen LogP) is 5.39. The highest BCUT2D eigenvalue weighted by Crippen LogP contribution is 2.50. The van der Waals surface area contributed by atoms with Gasteiger partial charge in [-0.05, 0) is 55.0 Å². The number of nitrogens with one attached hydrogen (secondary N) is 2. The van der Waals surface area contributed by atoms with Gasteiger partial charge in [0.05, 0.1) is 33.5 Å². The van der Waals surface area contributed by atoms with Crippen LogP contribution in [-0.2, 0) is 19.9 Å². The van der Waals surface area contributed by atoms with Crippen LogP contribution in [0.3, 0.4) is 0 Å². The third kappa shape index (κ3) is 6.22. The number of hydrogen-bond donors (Lipinski definition) is 2. The third-order valence-electron chi connectivity index (χ3n) is 11.0. The molecular weight excluding hydrogens is 762 g/mol. The van der Waals surface area contributed by atoms with Crippen molar-refractivity contribution in [1.82, 2.24) is 19.9 Å². The molecule has 2 N–H and O–H groups in total. The molecule has 0 amide bonds. The first kappa shape index (κ1) is 34.8. The van der Waals surface area contributed by atoms with Gasteiger partial charge >= 0.3 is 0 Å². The van der Waals surface area contributed by atoms with Gasteiger partial charge in [-0.2, -0.15) is 0 Å². The first-order valence-corrected chi connectivity index (χ1v) is 21.3. The summed E-state index contributed by atoms with van der Waals surface area (Å²) in [6.07, 6.45) is 2.82. The van der Waals surface area contributed by atoms with E-state index >= 15 is 4.39 Å². The number of alkyl halides is 2. The molecule has 3 aliphatic heterocycles. The maximum absolute atomic E-state index is 16.5. The Morgan fingerprint density at radius 1 is 0.887 bits per heavy atom. The number of sulfone groups is 1. The minimum atomic E-state index is -4.90. The highest BCUT2D eigenvalue weighted by atomic mass is 32.2. The van der Waals surface area contributed by atoms with Crippen LogP contribution < -0.4 is 14.9 Å². The van der Waals surface area contributed by atoms with Crippen LogP contribution in [0.5, 0.6) is 0 Å². The Morgan fingerprint density at radius 2 is 1.55 bits per heavy atom. The molecule has 5 heterocycles. The number of thiazole rings is 1. The highest BCUT2D eigenvalue weighted by molar-refractivity contribution is 7.92. The van der Waals surface area contributed by atoms with Gasteiger partial charge in [0.15, 0.2) is 25.7 Å². The van der Waals surface area contributed by atoms with Crippen molar-refractivity contribution in [2.75, 3.05) is 39.5 Å². The zero-order valence-corrected chi connectivity index (χ0v) is 30.2. The zero-order valence-electron chi connectivity index (χ0n) is 27.7. The number of sulfonamides is 1. The molecule has 4 aromatic rings. The van der Waals surface area contributed by atoms with E-state index in [1.165, 1.54) is 29.7 Å². The summed E-state index contributed by atoms with van der Waals surface area (Å²) in [5, 5.41) is 3.79. The Balaban J connectivity index is 1.07. The van der Waals surface area contributed by atoms with Crippen molar-refractivity contribution in [3.63, 3.8) is 0 Å². The standard InChI is InChI=1S/C34H32F5N7O4S3/c35-23-4-2-5-24(36)31(23)53(49,50)44-25-6-1-3-20(27(25)37)29-30(26-9-10-40-32(41-26)42-28-21-15-52(47,48)16-22(21)28)51-33(43-29)46-17-7-8-18(46)14-45(13-17)19-11-34(38,39)12-19/h1-6,9-10,17-19,21-22,28,44H,7-8,11-16H2,(H,40,41,42)/t17?,18?,21-,22+,28+. The fourth-order valence-corrected chi connectivity index (χ4v) is 13.0. The van der Waals surface area contributed by atoms with E-state index in [9.17, 15) is 34.4 Å². The van der Waals surface area contributed by atoms with E-state index in [-0.39, 0.29) is 77.6 Å². The van der Waals surface area contributed by atoms with Crippen LogP contribution >= 0.6 is 11.3 Å². The van der Waals surface area contributed by atoms with Crippen LogP contribution in [0.1, 0.15) is 25.7 Å². The maximum Gasteiger partial charge on any atom is 0.267 e. The normalized spacial score (nSPS) is 27.3. The quantitative estimate of drug-likeness (QED) is 0.212. The predicted molar refractivity (Wildman–Crippen MR) is 188 cm³/mol. The number of hydrogen-bond acceptors (Lipinski definition) is 11. The summed E-state index contributed by atoms with van der Waals surface area (Å²) < 4.78 is 125. The average Bonchev–Trinajstić information content (AvgIpc) is 3.36. The third-order valence-corrected chi connectivity index (χ3v) is 15.3. The lowest BCUT2D eigenvalue weighted by molar-refractivity contribution is -0.127. The molecule has 2 saturated carbocycles. The monoisotopic (exact) mass is 793 g/mol. The first-order valence-electron chi connectivity index (χ1n) is 17.1. The lowest BCUT2D eigenvalue weighted by Crippen LogP contribution is -2.61. The van der Waals surface area contributed by atoms with Crippen molar-refractivity contribution in [1.29, 1.82) is 0 Å². The number of likely N-dealkylation sites (tertiary alicyclic amines) is 1. The molecule has 5 aliphatic rings. The maximum atomic E-state index is 16.5. The molecule has 2 aromatic carbocycles. The van der Waals surface area contributed by atoms with E-state index in [1.807, 2.05) is 4.72 Å². The summed E-state index contributed by atoms with van der Waals surface area (Å²) in [6, 6.07) is 7.79.